The van der Waals surface area contributed by atoms with E-state index in [2.05, 4.69) is 5.32 Å². The van der Waals surface area contributed by atoms with Crippen LogP contribution in [0.3, 0.4) is 0 Å². The zero-order valence-corrected chi connectivity index (χ0v) is 20.1. The molecule has 2 aromatic carbocycles. The number of rotatable bonds is 9. The SMILES string of the molecule is COc1ccc(CN2C(=O)C=C(C(C(=O)c3ccc(F)cc3)C(=O)C3CCNCC3)C2=O)c(OC)c1. The lowest BCUT2D eigenvalue weighted by Crippen LogP contribution is -2.40. The van der Waals surface area contributed by atoms with E-state index in [1.54, 1.807) is 18.2 Å². The Kier molecular flexibility index (Phi) is 7.59. The van der Waals surface area contributed by atoms with Gasteiger partial charge in [0.1, 0.15) is 23.2 Å². The van der Waals surface area contributed by atoms with Gasteiger partial charge in [0, 0.05) is 34.8 Å². The number of ether oxygens (including phenoxy) is 2. The Balaban J connectivity index is 1.65. The van der Waals surface area contributed by atoms with Crippen LogP contribution in [0.4, 0.5) is 4.39 Å². The summed E-state index contributed by atoms with van der Waals surface area (Å²) in [6.45, 7) is 1.12. The Morgan fingerprint density at radius 1 is 1.06 bits per heavy atom. The molecule has 8 nitrogen and oxygen atoms in total. The average molecular weight is 495 g/mol. The van der Waals surface area contributed by atoms with Crippen molar-refractivity contribution in [3.05, 3.63) is 71.1 Å². The molecule has 1 atom stereocenters. The minimum absolute atomic E-state index is 0.0973. The molecule has 2 aliphatic rings. The van der Waals surface area contributed by atoms with E-state index in [1.165, 1.54) is 26.4 Å². The molecule has 0 radical (unpaired) electrons. The largest absolute Gasteiger partial charge is 0.497 e. The highest BCUT2D eigenvalue weighted by Crippen LogP contribution is 2.32. The van der Waals surface area contributed by atoms with E-state index in [-0.39, 0.29) is 17.7 Å². The third-order valence-electron chi connectivity index (χ3n) is 6.59. The molecule has 2 amide bonds. The Labute approximate surface area is 208 Å². The highest BCUT2D eigenvalue weighted by Gasteiger charge is 2.44. The minimum Gasteiger partial charge on any atom is -0.497 e. The van der Waals surface area contributed by atoms with Gasteiger partial charge in [0.2, 0.25) is 0 Å². The van der Waals surface area contributed by atoms with Crippen molar-refractivity contribution in [2.45, 2.75) is 19.4 Å². The summed E-state index contributed by atoms with van der Waals surface area (Å²) in [5.41, 5.74) is 0.492. The van der Waals surface area contributed by atoms with Gasteiger partial charge in [0.05, 0.1) is 20.8 Å². The van der Waals surface area contributed by atoms with Crippen molar-refractivity contribution in [2.24, 2.45) is 11.8 Å². The van der Waals surface area contributed by atoms with Gasteiger partial charge in [-0.25, -0.2) is 4.39 Å². The van der Waals surface area contributed by atoms with Crippen molar-refractivity contribution in [2.75, 3.05) is 27.3 Å². The van der Waals surface area contributed by atoms with E-state index < -0.39 is 41.0 Å². The summed E-state index contributed by atoms with van der Waals surface area (Å²) >= 11 is 0. The lowest BCUT2D eigenvalue weighted by atomic mass is 9.79. The summed E-state index contributed by atoms with van der Waals surface area (Å²) in [7, 11) is 2.97. The number of ketones is 2. The third-order valence-corrected chi connectivity index (χ3v) is 6.59. The molecule has 188 valence electrons. The van der Waals surface area contributed by atoms with Gasteiger partial charge in [-0.1, -0.05) is 0 Å². The molecule has 0 spiro atoms. The standard InChI is InChI=1S/C27H27FN2O6/c1-35-20-8-5-18(22(13-20)36-2)15-30-23(31)14-21(27(30)34)24(26(33)17-9-11-29-12-10-17)25(32)16-3-6-19(28)7-4-16/h3-8,13-14,17,24,29H,9-12,15H2,1-2H3. The summed E-state index contributed by atoms with van der Waals surface area (Å²) in [5.74, 6) is -3.80. The molecular weight excluding hydrogens is 467 g/mol. The number of hydrogen-bond donors (Lipinski definition) is 1. The van der Waals surface area contributed by atoms with Crippen LogP contribution in [-0.4, -0.2) is 55.6 Å². The Morgan fingerprint density at radius 2 is 1.75 bits per heavy atom. The highest BCUT2D eigenvalue weighted by atomic mass is 19.1. The topological polar surface area (TPSA) is 102 Å². The number of carbonyl (C=O) groups excluding carboxylic acids is 4. The lowest BCUT2D eigenvalue weighted by molar-refractivity contribution is -0.139. The van der Waals surface area contributed by atoms with Gasteiger partial charge in [-0.05, 0) is 62.3 Å². The Hall–Kier alpha value is -3.85. The second-order valence-electron chi connectivity index (χ2n) is 8.74. The number of nitrogens with zero attached hydrogens (tertiary/aromatic N) is 1. The summed E-state index contributed by atoms with van der Waals surface area (Å²) in [6, 6.07) is 9.80. The van der Waals surface area contributed by atoms with Crippen LogP contribution in [0.5, 0.6) is 11.5 Å². The summed E-state index contributed by atoms with van der Waals surface area (Å²) in [6.07, 6.45) is 2.12. The molecule has 1 unspecified atom stereocenters. The molecule has 1 saturated heterocycles. The predicted molar refractivity (Wildman–Crippen MR) is 128 cm³/mol. The van der Waals surface area contributed by atoms with E-state index in [9.17, 15) is 23.6 Å². The minimum atomic E-state index is -1.45. The lowest BCUT2D eigenvalue weighted by Gasteiger charge is -2.26. The van der Waals surface area contributed by atoms with Crippen molar-refractivity contribution >= 4 is 23.4 Å². The van der Waals surface area contributed by atoms with E-state index in [4.69, 9.17) is 9.47 Å². The van der Waals surface area contributed by atoms with Crippen LogP contribution in [0.25, 0.3) is 0 Å². The number of benzene rings is 2. The van der Waals surface area contributed by atoms with E-state index >= 15 is 0 Å². The van der Waals surface area contributed by atoms with Crippen LogP contribution < -0.4 is 14.8 Å². The molecule has 0 bridgehead atoms. The molecule has 0 aliphatic carbocycles. The van der Waals surface area contributed by atoms with Crippen LogP contribution in [0.1, 0.15) is 28.8 Å². The first kappa shape index (κ1) is 25.2. The number of imide groups is 1. The van der Waals surface area contributed by atoms with Gasteiger partial charge in [-0.15, -0.1) is 0 Å². The summed E-state index contributed by atoms with van der Waals surface area (Å²) < 4.78 is 24.0. The molecular formula is C27H27FN2O6. The third kappa shape index (κ3) is 5.06. The van der Waals surface area contributed by atoms with Gasteiger partial charge >= 0.3 is 0 Å². The summed E-state index contributed by atoms with van der Waals surface area (Å²) in [4.78, 5) is 54.4. The van der Waals surface area contributed by atoms with Crippen LogP contribution in [-0.2, 0) is 20.9 Å². The van der Waals surface area contributed by atoms with Crippen LogP contribution in [0.15, 0.2) is 54.1 Å². The van der Waals surface area contributed by atoms with E-state index in [1.807, 2.05) is 0 Å². The first-order chi connectivity index (χ1) is 17.3. The number of methoxy groups -OCH3 is 2. The maximum absolute atomic E-state index is 13.6. The van der Waals surface area contributed by atoms with Crippen molar-refractivity contribution in [3.63, 3.8) is 0 Å². The molecule has 2 aliphatic heterocycles. The molecule has 0 saturated carbocycles. The number of piperidine rings is 1. The van der Waals surface area contributed by atoms with Crippen molar-refractivity contribution in [1.29, 1.82) is 0 Å². The molecule has 2 aromatic rings. The number of Topliss-reactive ketones (excluding diaryl/α,β-unsaturated/α-hetero) is 2. The van der Waals surface area contributed by atoms with Crippen LogP contribution in [0, 0.1) is 17.7 Å². The highest BCUT2D eigenvalue weighted by molar-refractivity contribution is 6.25. The zero-order chi connectivity index (χ0) is 25.8. The van der Waals surface area contributed by atoms with Crippen molar-refractivity contribution in [1.82, 2.24) is 10.2 Å². The molecule has 4 rings (SSSR count). The van der Waals surface area contributed by atoms with Gasteiger partial charge in [-0.2, -0.15) is 0 Å². The number of amides is 2. The molecule has 0 aromatic heterocycles. The first-order valence-electron chi connectivity index (χ1n) is 11.7. The molecule has 9 heteroatoms. The number of nitrogens with one attached hydrogen (secondary N) is 1. The van der Waals surface area contributed by atoms with Gasteiger partial charge in [0.25, 0.3) is 11.8 Å². The molecule has 2 heterocycles. The van der Waals surface area contributed by atoms with Crippen molar-refractivity contribution in [3.8, 4) is 11.5 Å². The number of hydrogen-bond acceptors (Lipinski definition) is 7. The molecule has 1 fully saturated rings. The fourth-order valence-corrected chi connectivity index (χ4v) is 4.58. The quantitative estimate of drug-likeness (QED) is 0.325. The normalized spacial score (nSPS) is 17.1. The predicted octanol–water partition coefficient (Wildman–Crippen LogP) is 2.71. The van der Waals surface area contributed by atoms with Gasteiger partial charge in [0.15, 0.2) is 11.6 Å². The van der Waals surface area contributed by atoms with Crippen LogP contribution >= 0.6 is 0 Å². The second-order valence-corrected chi connectivity index (χ2v) is 8.74. The number of carbonyl (C=O) groups is 4. The zero-order valence-electron chi connectivity index (χ0n) is 20.1. The Bertz CT molecular complexity index is 1220. The molecule has 36 heavy (non-hydrogen) atoms. The van der Waals surface area contributed by atoms with E-state index in [0.717, 1.165) is 23.1 Å². The van der Waals surface area contributed by atoms with Gasteiger partial charge in [-0.3, -0.25) is 24.1 Å². The summed E-state index contributed by atoms with van der Waals surface area (Å²) in [5, 5.41) is 3.17. The monoisotopic (exact) mass is 494 g/mol. The first-order valence-corrected chi connectivity index (χ1v) is 11.7. The molecule has 1 N–H and O–H groups in total. The number of halogens is 1. The second kappa shape index (κ2) is 10.8. The Morgan fingerprint density at radius 3 is 2.39 bits per heavy atom. The fraction of sp³-hybridized carbons (Fsp3) is 0.333. The maximum atomic E-state index is 13.6. The average Bonchev–Trinajstić information content (AvgIpc) is 3.17. The smallest absolute Gasteiger partial charge is 0.258 e. The van der Waals surface area contributed by atoms with Crippen molar-refractivity contribution < 1.29 is 33.0 Å². The van der Waals surface area contributed by atoms with Crippen LogP contribution in [0.2, 0.25) is 0 Å². The maximum Gasteiger partial charge on any atom is 0.258 e. The van der Waals surface area contributed by atoms with E-state index in [0.29, 0.717) is 43.0 Å². The van der Waals surface area contributed by atoms with Gasteiger partial charge < -0.3 is 14.8 Å². The fourth-order valence-electron chi connectivity index (χ4n) is 4.58.